The lowest BCUT2D eigenvalue weighted by Gasteiger charge is -2.09. The van der Waals surface area contributed by atoms with Crippen molar-refractivity contribution < 1.29 is 24.9 Å². The minimum atomic E-state index is -1.16. The van der Waals surface area contributed by atoms with Gasteiger partial charge >= 0.3 is 5.97 Å². The summed E-state index contributed by atoms with van der Waals surface area (Å²) in [6.45, 7) is 1.32. The van der Waals surface area contributed by atoms with Crippen molar-refractivity contribution in [2.45, 2.75) is 13.0 Å². The van der Waals surface area contributed by atoms with Crippen molar-refractivity contribution in [3.8, 4) is 11.5 Å². The third-order valence-corrected chi connectivity index (χ3v) is 1.96. The second-order valence-corrected chi connectivity index (χ2v) is 3.24. The van der Waals surface area contributed by atoms with Crippen LogP contribution in [0.2, 0.25) is 0 Å². The van der Waals surface area contributed by atoms with Crippen LogP contribution in [0, 0.1) is 0 Å². The Hall–Kier alpha value is -2.24. The van der Waals surface area contributed by atoms with Gasteiger partial charge in [-0.1, -0.05) is 0 Å². The van der Waals surface area contributed by atoms with Crippen molar-refractivity contribution in [3.05, 3.63) is 23.8 Å². The van der Waals surface area contributed by atoms with Crippen molar-refractivity contribution in [3.63, 3.8) is 0 Å². The Morgan fingerprint density at radius 3 is 2.38 bits per heavy atom. The lowest BCUT2D eigenvalue weighted by molar-refractivity contribution is -0.138. The van der Waals surface area contributed by atoms with Crippen LogP contribution >= 0.6 is 0 Å². The summed E-state index contributed by atoms with van der Waals surface area (Å²) in [5, 5.41) is 28.9. The largest absolute Gasteiger partial charge is 0.504 e. The number of hydrogen-bond acceptors (Lipinski definition) is 4. The molecule has 0 unspecified atom stereocenters. The lowest BCUT2D eigenvalue weighted by atomic mass is 10.2. The highest BCUT2D eigenvalue weighted by molar-refractivity contribution is 5.97. The first kappa shape index (κ1) is 11.8. The number of phenols is 2. The Kier molecular flexibility index (Phi) is 3.34. The minimum absolute atomic E-state index is 0.0726. The maximum atomic E-state index is 11.5. The standard InChI is InChI=1S/C10H11NO5/c1-5(10(15)16)11-9(14)6-2-3-7(12)8(13)4-6/h2-5,12-13H,1H3,(H,11,14)(H,15,16)/t5-/m0/s1. The van der Waals surface area contributed by atoms with Gasteiger partial charge < -0.3 is 20.6 Å². The number of aliphatic carboxylic acids is 1. The Morgan fingerprint density at radius 2 is 1.88 bits per heavy atom. The van der Waals surface area contributed by atoms with E-state index in [4.69, 9.17) is 15.3 Å². The third kappa shape index (κ3) is 2.63. The molecule has 86 valence electrons. The number of carboxylic acids is 1. The topological polar surface area (TPSA) is 107 Å². The van der Waals surface area contributed by atoms with Gasteiger partial charge in [-0.05, 0) is 25.1 Å². The molecule has 0 saturated heterocycles. The van der Waals surface area contributed by atoms with Gasteiger partial charge in [0.25, 0.3) is 5.91 Å². The quantitative estimate of drug-likeness (QED) is 0.553. The van der Waals surface area contributed by atoms with E-state index in [2.05, 4.69) is 5.32 Å². The fraction of sp³-hybridized carbons (Fsp3) is 0.200. The van der Waals surface area contributed by atoms with E-state index in [1.807, 2.05) is 0 Å². The number of carbonyl (C=O) groups excluding carboxylic acids is 1. The van der Waals surface area contributed by atoms with Crippen LogP contribution in [0.25, 0.3) is 0 Å². The molecule has 0 spiro atoms. The van der Waals surface area contributed by atoms with Crippen LogP contribution in [0.5, 0.6) is 11.5 Å². The molecule has 0 bridgehead atoms. The Labute approximate surface area is 91.1 Å². The molecule has 6 heteroatoms. The Bertz CT molecular complexity index is 429. The number of carboxylic acid groups (broad SMARTS) is 1. The van der Waals surface area contributed by atoms with Crippen LogP contribution in [0.15, 0.2) is 18.2 Å². The highest BCUT2D eigenvalue weighted by atomic mass is 16.4. The summed E-state index contributed by atoms with van der Waals surface area (Å²) < 4.78 is 0. The van der Waals surface area contributed by atoms with Crippen molar-refractivity contribution in [2.75, 3.05) is 0 Å². The molecule has 0 aromatic heterocycles. The van der Waals surface area contributed by atoms with E-state index >= 15 is 0 Å². The van der Waals surface area contributed by atoms with Gasteiger partial charge in [-0.2, -0.15) is 0 Å². The first-order chi connectivity index (χ1) is 7.41. The number of phenolic OH excluding ortho intramolecular Hbond substituents is 2. The smallest absolute Gasteiger partial charge is 0.325 e. The van der Waals surface area contributed by atoms with Crippen molar-refractivity contribution in [1.82, 2.24) is 5.32 Å². The van der Waals surface area contributed by atoms with Gasteiger partial charge in [-0.15, -0.1) is 0 Å². The number of nitrogens with one attached hydrogen (secondary N) is 1. The van der Waals surface area contributed by atoms with E-state index in [0.717, 1.165) is 12.1 Å². The highest BCUT2D eigenvalue weighted by Gasteiger charge is 2.15. The molecular weight excluding hydrogens is 214 g/mol. The van der Waals surface area contributed by atoms with Crippen LogP contribution < -0.4 is 5.32 Å². The Balaban J connectivity index is 2.81. The normalized spacial score (nSPS) is 11.8. The van der Waals surface area contributed by atoms with Gasteiger partial charge in [0.15, 0.2) is 11.5 Å². The molecule has 4 N–H and O–H groups in total. The molecule has 16 heavy (non-hydrogen) atoms. The molecule has 1 atom stereocenters. The summed E-state index contributed by atoms with van der Waals surface area (Å²) in [7, 11) is 0. The van der Waals surface area contributed by atoms with E-state index in [0.29, 0.717) is 0 Å². The van der Waals surface area contributed by atoms with Crippen molar-refractivity contribution in [1.29, 1.82) is 0 Å². The van der Waals surface area contributed by atoms with Gasteiger partial charge in [-0.25, -0.2) is 0 Å². The Morgan fingerprint density at radius 1 is 1.25 bits per heavy atom. The number of carbonyl (C=O) groups is 2. The number of hydrogen-bond donors (Lipinski definition) is 4. The number of rotatable bonds is 3. The number of amides is 1. The maximum Gasteiger partial charge on any atom is 0.325 e. The average molecular weight is 225 g/mol. The van der Waals surface area contributed by atoms with Gasteiger partial charge in [-0.3, -0.25) is 9.59 Å². The van der Waals surface area contributed by atoms with Crippen LogP contribution in [-0.4, -0.2) is 33.2 Å². The first-order valence-electron chi connectivity index (χ1n) is 4.47. The second-order valence-electron chi connectivity index (χ2n) is 3.24. The monoisotopic (exact) mass is 225 g/mol. The molecule has 0 aliphatic carbocycles. The van der Waals surface area contributed by atoms with Gasteiger partial charge in [0, 0.05) is 5.56 Å². The van der Waals surface area contributed by atoms with Gasteiger partial charge in [0.2, 0.25) is 0 Å². The summed E-state index contributed by atoms with van der Waals surface area (Å²) >= 11 is 0. The molecule has 0 aliphatic rings. The highest BCUT2D eigenvalue weighted by Crippen LogP contribution is 2.24. The first-order valence-corrected chi connectivity index (χ1v) is 4.47. The third-order valence-electron chi connectivity index (χ3n) is 1.96. The lowest BCUT2D eigenvalue weighted by Crippen LogP contribution is -2.38. The van der Waals surface area contributed by atoms with Crippen LogP contribution in [0.4, 0.5) is 0 Å². The molecule has 0 radical (unpaired) electrons. The van der Waals surface area contributed by atoms with Crippen LogP contribution in [0.3, 0.4) is 0 Å². The second kappa shape index (κ2) is 4.52. The molecule has 0 aliphatic heterocycles. The summed E-state index contributed by atoms with van der Waals surface area (Å²) in [6.07, 6.45) is 0. The predicted molar refractivity (Wildman–Crippen MR) is 54.3 cm³/mol. The summed E-state index contributed by atoms with van der Waals surface area (Å²) in [6, 6.07) is 2.46. The van der Waals surface area contributed by atoms with Crippen molar-refractivity contribution >= 4 is 11.9 Å². The van der Waals surface area contributed by atoms with E-state index in [-0.39, 0.29) is 11.3 Å². The SMILES string of the molecule is C[C@H](NC(=O)c1ccc(O)c(O)c1)C(=O)O. The molecule has 6 nitrogen and oxygen atoms in total. The van der Waals surface area contributed by atoms with E-state index < -0.39 is 23.7 Å². The zero-order valence-corrected chi connectivity index (χ0v) is 8.47. The van der Waals surface area contributed by atoms with Gasteiger partial charge in [0.05, 0.1) is 0 Å². The van der Waals surface area contributed by atoms with Crippen molar-refractivity contribution in [2.24, 2.45) is 0 Å². The molecule has 1 aromatic rings. The zero-order chi connectivity index (χ0) is 12.3. The number of benzene rings is 1. The van der Waals surface area contributed by atoms with Crippen LogP contribution in [-0.2, 0) is 4.79 Å². The average Bonchev–Trinajstić information content (AvgIpc) is 2.21. The fourth-order valence-electron chi connectivity index (χ4n) is 1.01. The summed E-state index contributed by atoms with van der Waals surface area (Å²) in [5.41, 5.74) is 0.0726. The minimum Gasteiger partial charge on any atom is -0.504 e. The fourth-order valence-corrected chi connectivity index (χ4v) is 1.01. The van der Waals surface area contributed by atoms with E-state index in [1.54, 1.807) is 0 Å². The van der Waals surface area contributed by atoms with Gasteiger partial charge in [0.1, 0.15) is 6.04 Å². The molecule has 1 amide bonds. The van der Waals surface area contributed by atoms with E-state index in [9.17, 15) is 9.59 Å². The molecule has 0 fully saturated rings. The van der Waals surface area contributed by atoms with Crippen LogP contribution in [0.1, 0.15) is 17.3 Å². The molecule has 0 heterocycles. The molecule has 1 rings (SSSR count). The molecular formula is C10H11NO5. The van der Waals surface area contributed by atoms with E-state index in [1.165, 1.54) is 13.0 Å². The molecule has 0 saturated carbocycles. The maximum absolute atomic E-state index is 11.5. The molecule has 1 aromatic carbocycles. The number of aromatic hydroxyl groups is 2. The summed E-state index contributed by atoms with van der Waals surface area (Å²) in [4.78, 5) is 21.9. The predicted octanol–water partition coefficient (Wildman–Crippen LogP) is 0.301. The summed E-state index contributed by atoms with van der Waals surface area (Å²) in [5.74, 6) is -2.57. The zero-order valence-electron chi connectivity index (χ0n) is 8.47.